The SMILES string of the molecule is O=C(NCc1ccc(-c2nc3ccccc3s2)o1)c1cccc2c1OCCO2. The van der Waals surface area contributed by atoms with E-state index in [1.54, 1.807) is 29.5 Å². The number of carbonyl (C=O) groups is 1. The van der Waals surface area contributed by atoms with Crippen molar-refractivity contribution in [2.45, 2.75) is 6.54 Å². The number of ether oxygens (including phenoxy) is 2. The van der Waals surface area contributed by atoms with Crippen molar-refractivity contribution in [1.82, 2.24) is 10.3 Å². The predicted octanol–water partition coefficient (Wildman–Crippen LogP) is 4.26. The maximum absolute atomic E-state index is 12.6. The van der Waals surface area contributed by atoms with E-state index in [2.05, 4.69) is 10.3 Å². The van der Waals surface area contributed by atoms with Gasteiger partial charge < -0.3 is 19.2 Å². The van der Waals surface area contributed by atoms with Crippen LogP contribution in [0.2, 0.25) is 0 Å². The topological polar surface area (TPSA) is 73.6 Å². The van der Waals surface area contributed by atoms with Gasteiger partial charge in [-0.1, -0.05) is 18.2 Å². The first-order valence-corrected chi connectivity index (χ1v) is 9.71. The molecule has 0 fully saturated rings. The summed E-state index contributed by atoms with van der Waals surface area (Å²) < 4.78 is 18.1. The summed E-state index contributed by atoms with van der Waals surface area (Å²) in [6.07, 6.45) is 0. The summed E-state index contributed by atoms with van der Waals surface area (Å²) in [5.41, 5.74) is 1.40. The van der Waals surface area contributed by atoms with Crippen molar-refractivity contribution >= 4 is 27.5 Å². The Balaban J connectivity index is 1.31. The van der Waals surface area contributed by atoms with Crippen LogP contribution in [0.1, 0.15) is 16.1 Å². The number of furan rings is 1. The minimum atomic E-state index is -0.236. The molecular formula is C21H16N2O4S. The van der Waals surface area contributed by atoms with E-state index in [0.717, 1.165) is 15.2 Å². The zero-order valence-corrected chi connectivity index (χ0v) is 15.6. The minimum absolute atomic E-state index is 0.236. The first-order chi connectivity index (χ1) is 13.8. The Morgan fingerprint density at radius 3 is 2.86 bits per heavy atom. The van der Waals surface area contributed by atoms with E-state index in [9.17, 15) is 4.79 Å². The van der Waals surface area contributed by atoms with Gasteiger partial charge in [0.25, 0.3) is 5.91 Å². The molecule has 2 aromatic heterocycles. The normalized spacial score (nSPS) is 12.9. The van der Waals surface area contributed by atoms with Crippen molar-refractivity contribution in [2.24, 2.45) is 0 Å². The molecule has 0 aliphatic carbocycles. The van der Waals surface area contributed by atoms with Crippen molar-refractivity contribution in [2.75, 3.05) is 13.2 Å². The Bertz CT molecular complexity index is 1130. The van der Waals surface area contributed by atoms with Gasteiger partial charge in [-0.15, -0.1) is 11.3 Å². The molecule has 2 aromatic carbocycles. The van der Waals surface area contributed by atoms with Crippen LogP contribution in [0.15, 0.2) is 59.0 Å². The Labute approximate surface area is 164 Å². The average molecular weight is 392 g/mol. The van der Waals surface area contributed by atoms with Crippen LogP contribution < -0.4 is 14.8 Å². The fraction of sp³-hybridized carbons (Fsp3) is 0.143. The van der Waals surface area contributed by atoms with E-state index in [-0.39, 0.29) is 12.5 Å². The smallest absolute Gasteiger partial charge is 0.255 e. The summed E-state index contributed by atoms with van der Waals surface area (Å²) in [7, 11) is 0. The van der Waals surface area contributed by atoms with Crippen LogP contribution in [0.4, 0.5) is 0 Å². The molecule has 3 heterocycles. The van der Waals surface area contributed by atoms with Crippen LogP contribution in [-0.4, -0.2) is 24.1 Å². The lowest BCUT2D eigenvalue weighted by Crippen LogP contribution is -2.25. The highest BCUT2D eigenvalue weighted by atomic mass is 32.1. The number of aromatic nitrogens is 1. The van der Waals surface area contributed by atoms with Gasteiger partial charge in [0, 0.05) is 0 Å². The number of carbonyl (C=O) groups excluding carboxylic acids is 1. The Kier molecular flexibility index (Phi) is 4.21. The van der Waals surface area contributed by atoms with Gasteiger partial charge in [-0.3, -0.25) is 4.79 Å². The summed E-state index contributed by atoms with van der Waals surface area (Å²) >= 11 is 1.58. The van der Waals surface area contributed by atoms with Gasteiger partial charge in [0.2, 0.25) is 0 Å². The zero-order chi connectivity index (χ0) is 18.9. The molecule has 1 amide bonds. The van der Waals surface area contributed by atoms with Crippen molar-refractivity contribution in [3.63, 3.8) is 0 Å². The number of amides is 1. The molecule has 5 rings (SSSR count). The Morgan fingerprint density at radius 2 is 1.93 bits per heavy atom. The standard InChI is InChI=1S/C21H16N2O4S/c24-20(14-4-3-6-16-19(14)26-11-10-25-16)22-12-13-8-9-17(27-13)21-23-15-5-1-2-7-18(15)28-21/h1-9H,10-12H2,(H,22,24). The molecule has 0 unspecified atom stereocenters. The first kappa shape index (κ1) is 16.8. The average Bonchev–Trinajstić information content (AvgIpc) is 3.38. The van der Waals surface area contributed by atoms with E-state index in [1.807, 2.05) is 36.4 Å². The number of para-hydroxylation sites is 2. The number of nitrogens with zero attached hydrogens (tertiary/aromatic N) is 1. The second-order valence-electron chi connectivity index (χ2n) is 6.27. The van der Waals surface area contributed by atoms with Crippen LogP contribution in [-0.2, 0) is 6.54 Å². The predicted molar refractivity (Wildman–Crippen MR) is 106 cm³/mol. The summed E-state index contributed by atoms with van der Waals surface area (Å²) in [6.45, 7) is 1.19. The number of benzene rings is 2. The van der Waals surface area contributed by atoms with E-state index in [0.29, 0.717) is 41.8 Å². The number of hydrogen-bond acceptors (Lipinski definition) is 6. The molecule has 0 spiro atoms. The van der Waals surface area contributed by atoms with Crippen molar-refractivity contribution in [3.8, 4) is 22.3 Å². The molecule has 28 heavy (non-hydrogen) atoms. The summed E-state index contributed by atoms with van der Waals surface area (Å²) in [5, 5.41) is 3.69. The maximum atomic E-state index is 12.6. The van der Waals surface area contributed by atoms with Crippen LogP contribution in [0.3, 0.4) is 0 Å². The third-order valence-corrected chi connectivity index (χ3v) is 5.45. The van der Waals surface area contributed by atoms with E-state index in [4.69, 9.17) is 13.9 Å². The molecule has 0 bridgehead atoms. The van der Waals surface area contributed by atoms with Gasteiger partial charge in [-0.05, 0) is 36.4 Å². The summed E-state index contributed by atoms with van der Waals surface area (Å²) in [5.74, 6) is 2.19. The lowest BCUT2D eigenvalue weighted by atomic mass is 10.1. The molecule has 0 saturated heterocycles. The molecular weight excluding hydrogens is 376 g/mol. The third kappa shape index (κ3) is 3.10. The molecule has 1 N–H and O–H groups in total. The lowest BCUT2D eigenvalue weighted by Gasteiger charge is -2.20. The zero-order valence-electron chi connectivity index (χ0n) is 14.8. The molecule has 0 radical (unpaired) electrons. The van der Waals surface area contributed by atoms with Gasteiger partial charge in [0.15, 0.2) is 22.3 Å². The fourth-order valence-electron chi connectivity index (χ4n) is 3.08. The highest BCUT2D eigenvalue weighted by Gasteiger charge is 2.20. The fourth-order valence-corrected chi connectivity index (χ4v) is 4.01. The van der Waals surface area contributed by atoms with E-state index in [1.165, 1.54) is 0 Å². The molecule has 1 aliphatic rings. The number of rotatable bonds is 4. The van der Waals surface area contributed by atoms with Crippen LogP contribution >= 0.6 is 11.3 Å². The van der Waals surface area contributed by atoms with E-state index < -0.39 is 0 Å². The number of nitrogens with one attached hydrogen (secondary N) is 1. The molecule has 6 nitrogen and oxygen atoms in total. The molecule has 4 aromatic rings. The number of hydrogen-bond donors (Lipinski definition) is 1. The third-order valence-electron chi connectivity index (χ3n) is 4.40. The Morgan fingerprint density at radius 1 is 1.04 bits per heavy atom. The number of thiazole rings is 1. The largest absolute Gasteiger partial charge is 0.486 e. The van der Waals surface area contributed by atoms with Gasteiger partial charge in [-0.25, -0.2) is 4.98 Å². The molecule has 0 saturated carbocycles. The molecule has 7 heteroatoms. The summed E-state index contributed by atoms with van der Waals surface area (Å²) in [4.78, 5) is 17.2. The quantitative estimate of drug-likeness (QED) is 0.562. The van der Waals surface area contributed by atoms with Gasteiger partial charge in [-0.2, -0.15) is 0 Å². The maximum Gasteiger partial charge on any atom is 0.255 e. The van der Waals surface area contributed by atoms with Crippen LogP contribution in [0, 0.1) is 0 Å². The lowest BCUT2D eigenvalue weighted by molar-refractivity contribution is 0.0937. The minimum Gasteiger partial charge on any atom is -0.486 e. The van der Waals surface area contributed by atoms with Gasteiger partial charge in [0.05, 0.1) is 22.3 Å². The second kappa shape index (κ2) is 7.01. The highest BCUT2D eigenvalue weighted by Crippen LogP contribution is 2.34. The molecule has 140 valence electrons. The molecule has 0 atom stereocenters. The highest BCUT2D eigenvalue weighted by molar-refractivity contribution is 7.21. The van der Waals surface area contributed by atoms with Crippen LogP contribution in [0.25, 0.3) is 21.0 Å². The van der Waals surface area contributed by atoms with Gasteiger partial charge >= 0.3 is 0 Å². The van der Waals surface area contributed by atoms with Crippen molar-refractivity contribution in [1.29, 1.82) is 0 Å². The van der Waals surface area contributed by atoms with Crippen molar-refractivity contribution < 1.29 is 18.7 Å². The van der Waals surface area contributed by atoms with Gasteiger partial charge in [0.1, 0.15) is 19.0 Å². The van der Waals surface area contributed by atoms with E-state index >= 15 is 0 Å². The van der Waals surface area contributed by atoms with Crippen molar-refractivity contribution in [3.05, 3.63) is 65.9 Å². The number of fused-ring (bicyclic) bond motifs is 2. The first-order valence-electron chi connectivity index (χ1n) is 8.89. The Hall–Kier alpha value is -3.32. The van der Waals surface area contributed by atoms with Crippen LogP contribution in [0.5, 0.6) is 11.5 Å². The monoisotopic (exact) mass is 392 g/mol. The summed E-state index contributed by atoms with van der Waals surface area (Å²) in [6, 6.07) is 17.0. The second-order valence-corrected chi connectivity index (χ2v) is 7.30. The molecule has 1 aliphatic heterocycles.